The number of rotatable bonds is 6. The van der Waals surface area contributed by atoms with Crippen LogP contribution in [0.1, 0.15) is 26.7 Å². The van der Waals surface area contributed by atoms with Crippen LogP contribution in [0.15, 0.2) is 12.1 Å². The van der Waals surface area contributed by atoms with E-state index in [0.717, 1.165) is 0 Å². The van der Waals surface area contributed by atoms with E-state index < -0.39 is 11.4 Å². The van der Waals surface area contributed by atoms with E-state index in [4.69, 9.17) is 10.5 Å². The van der Waals surface area contributed by atoms with E-state index in [2.05, 4.69) is 5.32 Å². The molecule has 0 aliphatic carbocycles. The average Bonchev–Trinajstić information content (AvgIpc) is 2.37. The molecular weight excluding hydrogens is 235 g/mol. The highest BCUT2D eigenvalue weighted by molar-refractivity contribution is 5.68. The third-order valence-corrected chi connectivity index (χ3v) is 3.25. The van der Waals surface area contributed by atoms with Gasteiger partial charge in [-0.15, -0.1) is 0 Å². The molecule has 5 heteroatoms. The lowest BCUT2D eigenvalue weighted by Crippen LogP contribution is -2.35. The van der Waals surface area contributed by atoms with Gasteiger partial charge in [-0.25, -0.2) is 4.39 Å². The summed E-state index contributed by atoms with van der Waals surface area (Å²) in [6, 6.07) is 2.70. The maximum atomic E-state index is 13.4. The third kappa shape index (κ3) is 3.26. The standard InChI is InChI=1S/C13H21FN2O2/c1-4-13(17,5-2)8-16-11-7-12(18-3)9(14)6-10(11)15/h6-7,16-17H,4-5,8,15H2,1-3H3. The minimum absolute atomic E-state index is 0.128. The Balaban J connectivity index is 2.85. The van der Waals surface area contributed by atoms with Crippen molar-refractivity contribution in [2.45, 2.75) is 32.3 Å². The third-order valence-electron chi connectivity index (χ3n) is 3.25. The number of nitrogens with one attached hydrogen (secondary N) is 1. The highest BCUT2D eigenvalue weighted by atomic mass is 19.1. The van der Waals surface area contributed by atoms with E-state index in [0.29, 0.717) is 30.8 Å². The van der Waals surface area contributed by atoms with Gasteiger partial charge in [0.05, 0.1) is 24.1 Å². The Morgan fingerprint density at radius 3 is 2.50 bits per heavy atom. The quantitative estimate of drug-likeness (QED) is 0.684. The molecule has 0 saturated carbocycles. The average molecular weight is 256 g/mol. The normalized spacial score (nSPS) is 11.4. The summed E-state index contributed by atoms with van der Waals surface area (Å²) in [6.45, 7) is 4.19. The molecule has 4 nitrogen and oxygen atoms in total. The number of hydrogen-bond acceptors (Lipinski definition) is 4. The zero-order chi connectivity index (χ0) is 13.8. The van der Waals surface area contributed by atoms with Crippen molar-refractivity contribution in [3.05, 3.63) is 17.9 Å². The van der Waals surface area contributed by atoms with Gasteiger partial charge in [0.15, 0.2) is 11.6 Å². The van der Waals surface area contributed by atoms with Gasteiger partial charge in [0.25, 0.3) is 0 Å². The van der Waals surface area contributed by atoms with Crippen LogP contribution in [0, 0.1) is 5.82 Å². The van der Waals surface area contributed by atoms with Crippen molar-refractivity contribution in [1.82, 2.24) is 0 Å². The molecule has 4 N–H and O–H groups in total. The van der Waals surface area contributed by atoms with Crippen molar-refractivity contribution >= 4 is 11.4 Å². The van der Waals surface area contributed by atoms with Gasteiger partial charge < -0.3 is 20.9 Å². The molecule has 102 valence electrons. The number of methoxy groups -OCH3 is 1. The van der Waals surface area contributed by atoms with Gasteiger partial charge >= 0.3 is 0 Å². The van der Waals surface area contributed by atoms with Gasteiger partial charge in [-0.3, -0.25) is 0 Å². The fourth-order valence-corrected chi connectivity index (χ4v) is 1.64. The molecule has 0 aliphatic rings. The van der Waals surface area contributed by atoms with Crippen molar-refractivity contribution in [3.63, 3.8) is 0 Å². The Bertz CT molecular complexity index is 406. The Morgan fingerprint density at radius 1 is 1.39 bits per heavy atom. The minimum atomic E-state index is -0.784. The van der Waals surface area contributed by atoms with E-state index in [1.165, 1.54) is 19.2 Å². The van der Waals surface area contributed by atoms with Crippen LogP contribution >= 0.6 is 0 Å². The Hall–Kier alpha value is -1.49. The number of ether oxygens (including phenoxy) is 1. The highest BCUT2D eigenvalue weighted by Gasteiger charge is 2.22. The Kier molecular flexibility index (Phi) is 4.78. The van der Waals surface area contributed by atoms with Crippen LogP contribution in [-0.4, -0.2) is 24.4 Å². The van der Waals surface area contributed by atoms with Crippen molar-refractivity contribution in [1.29, 1.82) is 0 Å². The molecule has 0 radical (unpaired) electrons. The summed E-state index contributed by atoms with van der Waals surface area (Å²) in [5.74, 6) is -0.370. The number of benzene rings is 1. The SMILES string of the molecule is CCC(O)(CC)CNc1cc(OC)c(F)cc1N. The Morgan fingerprint density at radius 2 is 2.00 bits per heavy atom. The lowest BCUT2D eigenvalue weighted by atomic mass is 9.97. The summed E-state index contributed by atoms with van der Waals surface area (Å²) < 4.78 is 18.2. The smallest absolute Gasteiger partial charge is 0.167 e. The van der Waals surface area contributed by atoms with Crippen LogP contribution in [0.4, 0.5) is 15.8 Å². The molecular formula is C13H21FN2O2. The van der Waals surface area contributed by atoms with Gasteiger partial charge in [-0.05, 0) is 12.8 Å². The lowest BCUT2D eigenvalue weighted by Gasteiger charge is -2.26. The maximum Gasteiger partial charge on any atom is 0.167 e. The first-order chi connectivity index (χ1) is 8.45. The molecule has 0 fully saturated rings. The van der Waals surface area contributed by atoms with Crippen molar-refractivity contribution in [2.75, 3.05) is 24.7 Å². The summed E-state index contributed by atoms with van der Waals surface area (Å²) in [6.07, 6.45) is 1.27. The first-order valence-corrected chi connectivity index (χ1v) is 6.05. The van der Waals surface area contributed by atoms with E-state index in [9.17, 15) is 9.50 Å². The van der Waals surface area contributed by atoms with Crippen molar-refractivity contribution < 1.29 is 14.2 Å². The van der Waals surface area contributed by atoms with Crippen LogP contribution in [0.25, 0.3) is 0 Å². The van der Waals surface area contributed by atoms with Crippen LogP contribution < -0.4 is 15.8 Å². The zero-order valence-corrected chi connectivity index (χ0v) is 11.1. The molecule has 0 atom stereocenters. The summed E-state index contributed by atoms with van der Waals surface area (Å²) in [5, 5.41) is 13.2. The molecule has 0 heterocycles. The second kappa shape index (κ2) is 5.91. The number of anilines is 2. The van der Waals surface area contributed by atoms with E-state index in [1.54, 1.807) is 0 Å². The van der Waals surface area contributed by atoms with Gasteiger partial charge in [-0.2, -0.15) is 0 Å². The van der Waals surface area contributed by atoms with E-state index >= 15 is 0 Å². The molecule has 0 unspecified atom stereocenters. The maximum absolute atomic E-state index is 13.4. The Labute approximate surface area is 107 Å². The molecule has 0 spiro atoms. The van der Waals surface area contributed by atoms with Crippen molar-refractivity contribution in [2.24, 2.45) is 0 Å². The first-order valence-electron chi connectivity index (χ1n) is 6.05. The number of nitrogen functional groups attached to an aromatic ring is 1. The molecule has 0 amide bonds. The molecule has 0 aromatic heterocycles. The van der Waals surface area contributed by atoms with Gasteiger partial charge in [0, 0.05) is 18.7 Å². The fraction of sp³-hybridized carbons (Fsp3) is 0.538. The van der Waals surface area contributed by atoms with E-state index in [1.807, 2.05) is 13.8 Å². The summed E-state index contributed by atoms with van der Waals surface area (Å²) in [7, 11) is 1.40. The van der Waals surface area contributed by atoms with Crippen LogP contribution in [0.5, 0.6) is 5.75 Å². The number of nitrogens with two attached hydrogens (primary N) is 1. The zero-order valence-electron chi connectivity index (χ0n) is 11.1. The molecule has 1 aromatic carbocycles. The first kappa shape index (κ1) is 14.6. The number of aliphatic hydroxyl groups is 1. The lowest BCUT2D eigenvalue weighted by molar-refractivity contribution is 0.0457. The molecule has 0 saturated heterocycles. The van der Waals surface area contributed by atoms with Gasteiger partial charge in [0.2, 0.25) is 0 Å². The largest absolute Gasteiger partial charge is 0.494 e. The fourth-order valence-electron chi connectivity index (χ4n) is 1.64. The minimum Gasteiger partial charge on any atom is -0.494 e. The molecule has 0 bridgehead atoms. The molecule has 0 aliphatic heterocycles. The van der Waals surface area contributed by atoms with Crippen LogP contribution in [-0.2, 0) is 0 Å². The molecule has 18 heavy (non-hydrogen) atoms. The summed E-state index contributed by atoms with van der Waals surface area (Å²) >= 11 is 0. The number of halogens is 1. The summed E-state index contributed by atoms with van der Waals surface area (Å²) in [5.41, 5.74) is 5.79. The molecule has 1 rings (SSSR count). The van der Waals surface area contributed by atoms with E-state index in [-0.39, 0.29) is 5.75 Å². The second-order valence-corrected chi connectivity index (χ2v) is 4.36. The highest BCUT2D eigenvalue weighted by Crippen LogP contribution is 2.28. The predicted octanol–water partition coefficient (Wildman–Crippen LogP) is 2.38. The van der Waals surface area contributed by atoms with Gasteiger partial charge in [-0.1, -0.05) is 13.8 Å². The van der Waals surface area contributed by atoms with Crippen molar-refractivity contribution in [3.8, 4) is 5.75 Å². The second-order valence-electron chi connectivity index (χ2n) is 4.36. The van der Waals surface area contributed by atoms with Gasteiger partial charge in [0.1, 0.15) is 0 Å². The topological polar surface area (TPSA) is 67.5 Å². The monoisotopic (exact) mass is 256 g/mol. The molecule has 1 aromatic rings. The summed E-state index contributed by atoms with van der Waals surface area (Å²) in [4.78, 5) is 0. The van der Waals surface area contributed by atoms with Crippen LogP contribution in [0.3, 0.4) is 0 Å². The number of hydrogen-bond donors (Lipinski definition) is 3. The van der Waals surface area contributed by atoms with Crippen LogP contribution in [0.2, 0.25) is 0 Å². The predicted molar refractivity (Wildman–Crippen MR) is 71.4 cm³/mol.